The molecule has 0 atom stereocenters. The van der Waals surface area contributed by atoms with Crippen LogP contribution in [0.5, 0.6) is 5.75 Å². The van der Waals surface area contributed by atoms with Crippen LogP contribution in [-0.2, 0) is 16.2 Å². The predicted molar refractivity (Wildman–Crippen MR) is 188 cm³/mol. The van der Waals surface area contributed by atoms with Gasteiger partial charge in [-0.25, -0.2) is 0 Å². The summed E-state index contributed by atoms with van der Waals surface area (Å²) in [4.78, 5) is 50.9. The minimum absolute atomic E-state index is 0.0563. The van der Waals surface area contributed by atoms with Gasteiger partial charge in [0.2, 0.25) is 11.8 Å². The van der Waals surface area contributed by atoms with Gasteiger partial charge in [-0.05, 0) is 90.0 Å². The van der Waals surface area contributed by atoms with Gasteiger partial charge < -0.3 is 26.4 Å². The minimum Gasteiger partial charge on any atom is -0.489 e. The van der Waals surface area contributed by atoms with Crippen LogP contribution in [0.1, 0.15) is 31.8 Å². The smallest absolute Gasteiger partial charge is 0.272 e. The van der Waals surface area contributed by atoms with Crippen molar-refractivity contribution >= 4 is 52.8 Å². The number of rotatable bonds is 13. The van der Waals surface area contributed by atoms with Crippen LogP contribution in [0.4, 0.5) is 11.4 Å². The highest BCUT2D eigenvalue weighted by atomic mass is 32.2. The molecule has 5 rings (SSSR count). The van der Waals surface area contributed by atoms with Crippen molar-refractivity contribution in [1.82, 2.24) is 5.32 Å². The van der Waals surface area contributed by atoms with Gasteiger partial charge in [-0.2, -0.15) is 0 Å². The van der Waals surface area contributed by atoms with E-state index >= 15 is 0 Å². The van der Waals surface area contributed by atoms with Crippen molar-refractivity contribution < 1.29 is 23.9 Å². The summed E-state index contributed by atoms with van der Waals surface area (Å²) >= 11 is 1.32. The molecule has 0 heterocycles. The van der Waals surface area contributed by atoms with Crippen LogP contribution in [0.2, 0.25) is 0 Å². The number of hydrogen-bond donors (Lipinski definition) is 4. The van der Waals surface area contributed by atoms with Gasteiger partial charge in [0.1, 0.15) is 18.1 Å². The van der Waals surface area contributed by atoms with Crippen LogP contribution in [0, 0.1) is 0 Å². The lowest BCUT2D eigenvalue weighted by atomic mass is 10.1. The molecule has 48 heavy (non-hydrogen) atoms. The molecule has 0 aliphatic heterocycles. The molecule has 0 fully saturated rings. The van der Waals surface area contributed by atoms with E-state index < -0.39 is 17.7 Å². The first-order valence-corrected chi connectivity index (χ1v) is 15.9. The molecule has 4 amide bonds. The van der Waals surface area contributed by atoms with Gasteiger partial charge in [0.25, 0.3) is 11.8 Å². The van der Waals surface area contributed by atoms with E-state index in [4.69, 9.17) is 10.5 Å². The second kappa shape index (κ2) is 16.4. The van der Waals surface area contributed by atoms with E-state index in [0.717, 1.165) is 10.5 Å². The first-order chi connectivity index (χ1) is 23.3. The minimum atomic E-state index is -0.539. The van der Waals surface area contributed by atoms with Gasteiger partial charge in [0.15, 0.2) is 0 Å². The first kappa shape index (κ1) is 33.2. The number of thioether (sulfide) groups is 1. The van der Waals surface area contributed by atoms with Crippen molar-refractivity contribution in [2.75, 3.05) is 16.4 Å². The molecule has 0 aromatic heterocycles. The maximum absolute atomic E-state index is 13.4. The Morgan fingerprint density at radius 1 is 0.667 bits per heavy atom. The molecule has 10 heteroatoms. The summed E-state index contributed by atoms with van der Waals surface area (Å²) in [7, 11) is 0. The van der Waals surface area contributed by atoms with Crippen LogP contribution in [0.3, 0.4) is 0 Å². The number of carbonyl (C=O) groups excluding carboxylic acids is 4. The molecule has 0 aliphatic carbocycles. The highest BCUT2D eigenvalue weighted by Crippen LogP contribution is 2.22. The number of amides is 4. The van der Waals surface area contributed by atoms with Crippen molar-refractivity contribution in [3.05, 3.63) is 161 Å². The molecule has 0 spiro atoms. The van der Waals surface area contributed by atoms with Crippen molar-refractivity contribution in [2.24, 2.45) is 5.73 Å². The molecule has 0 bridgehead atoms. The molecule has 5 N–H and O–H groups in total. The predicted octanol–water partition coefficient (Wildman–Crippen LogP) is 6.50. The maximum Gasteiger partial charge on any atom is 0.272 e. The van der Waals surface area contributed by atoms with Gasteiger partial charge in [-0.3, -0.25) is 19.2 Å². The highest BCUT2D eigenvalue weighted by Gasteiger charge is 2.15. The SMILES string of the molecule is NC(=O)c1ccc(NC(=O)CSc2ccc(NC(=O)/C(=C/c3ccc(OCc4ccccc4)cc3)NC(=O)c3ccccc3)cc2)cc1. The summed E-state index contributed by atoms with van der Waals surface area (Å²) in [6, 6.07) is 39.0. The summed E-state index contributed by atoms with van der Waals surface area (Å²) in [6.07, 6.45) is 1.60. The number of anilines is 2. The molecule has 0 aliphatic rings. The zero-order valence-corrected chi connectivity index (χ0v) is 26.5. The summed E-state index contributed by atoms with van der Waals surface area (Å²) in [5.74, 6) is -0.867. The number of ether oxygens (including phenoxy) is 1. The van der Waals surface area contributed by atoms with Gasteiger partial charge in [-0.1, -0.05) is 60.7 Å². The van der Waals surface area contributed by atoms with E-state index in [-0.39, 0.29) is 17.4 Å². The third kappa shape index (κ3) is 9.93. The molecule has 5 aromatic rings. The second-order valence-corrected chi connectivity index (χ2v) is 11.5. The summed E-state index contributed by atoms with van der Waals surface area (Å²) in [6.45, 7) is 0.426. The number of nitrogens with two attached hydrogens (primary N) is 1. The molecule has 0 saturated carbocycles. The van der Waals surface area contributed by atoms with Gasteiger partial charge in [-0.15, -0.1) is 11.8 Å². The van der Waals surface area contributed by atoms with Crippen molar-refractivity contribution in [2.45, 2.75) is 11.5 Å². The number of nitrogens with one attached hydrogen (secondary N) is 3. The number of carbonyl (C=O) groups is 4. The average Bonchev–Trinajstić information content (AvgIpc) is 3.11. The average molecular weight is 657 g/mol. The fourth-order valence-electron chi connectivity index (χ4n) is 4.41. The third-order valence-electron chi connectivity index (χ3n) is 6.90. The van der Waals surface area contributed by atoms with E-state index in [2.05, 4.69) is 16.0 Å². The van der Waals surface area contributed by atoms with E-state index in [1.54, 1.807) is 109 Å². The van der Waals surface area contributed by atoms with Crippen molar-refractivity contribution in [1.29, 1.82) is 0 Å². The Hall–Kier alpha value is -6.13. The Morgan fingerprint density at radius 2 is 1.27 bits per heavy atom. The number of hydrogen-bond acceptors (Lipinski definition) is 6. The van der Waals surface area contributed by atoms with Gasteiger partial charge in [0, 0.05) is 27.4 Å². The quantitative estimate of drug-likeness (QED) is 0.0843. The van der Waals surface area contributed by atoms with Crippen LogP contribution < -0.4 is 26.4 Å². The molecular weight excluding hydrogens is 625 g/mol. The number of benzene rings is 5. The van der Waals surface area contributed by atoms with Crippen LogP contribution in [0.15, 0.2) is 144 Å². The molecule has 240 valence electrons. The molecule has 5 aromatic carbocycles. The fourth-order valence-corrected chi connectivity index (χ4v) is 5.11. The van der Waals surface area contributed by atoms with Crippen LogP contribution in [0.25, 0.3) is 6.08 Å². The molecule has 0 saturated heterocycles. The van der Waals surface area contributed by atoms with Gasteiger partial charge in [0.05, 0.1) is 5.75 Å². The topological polar surface area (TPSA) is 140 Å². The summed E-state index contributed by atoms with van der Waals surface area (Å²) < 4.78 is 5.87. The molecule has 9 nitrogen and oxygen atoms in total. The lowest BCUT2D eigenvalue weighted by molar-refractivity contribution is -0.114. The summed E-state index contributed by atoms with van der Waals surface area (Å²) in [5, 5.41) is 8.36. The monoisotopic (exact) mass is 656 g/mol. The number of primary amides is 1. The van der Waals surface area contributed by atoms with E-state index in [0.29, 0.717) is 40.4 Å². The Balaban J connectivity index is 1.21. The summed E-state index contributed by atoms with van der Waals surface area (Å²) in [5.41, 5.74) is 8.88. The normalized spacial score (nSPS) is 10.9. The molecule has 0 unspecified atom stereocenters. The largest absolute Gasteiger partial charge is 0.489 e. The lowest BCUT2D eigenvalue weighted by Crippen LogP contribution is -2.30. The first-order valence-electron chi connectivity index (χ1n) is 14.9. The Labute approximate surface area is 282 Å². The van der Waals surface area contributed by atoms with Crippen molar-refractivity contribution in [3.63, 3.8) is 0 Å². The Kier molecular flexibility index (Phi) is 11.4. The van der Waals surface area contributed by atoms with Crippen LogP contribution in [-0.4, -0.2) is 29.4 Å². The van der Waals surface area contributed by atoms with Gasteiger partial charge >= 0.3 is 0 Å². The second-order valence-electron chi connectivity index (χ2n) is 10.5. The zero-order valence-electron chi connectivity index (χ0n) is 25.7. The molecule has 0 radical (unpaired) electrons. The standard InChI is InChI=1S/C38H32N4O5S/c39-36(44)28-13-15-30(16-14-28)40-35(43)25-48-33-21-17-31(18-22-33)41-38(46)34(42-37(45)29-9-5-2-6-10-29)23-26-11-19-32(20-12-26)47-24-27-7-3-1-4-8-27/h1-23H,24-25H2,(H2,39,44)(H,40,43)(H,41,46)(H,42,45)/b34-23-. The van der Waals surface area contributed by atoms with Crippen molar-refractivity contribution in [3.8, 4) is 5.75 Å². The third-order valence-corrected chi connectivity index (χ3v) is 7.92. The fraction of sp³-hybridized carbons (Fsp3) is 0.0526. The highest BCUT2D eigenvalue weighted by molar-refractivity contribution is 8.00. The lowest BCUT2D eigenvalue weighted by Gasteiger charge is -2.12. The van der Waals surface area contributed by atoms with E-state index in [9.17, 15) is 19.2 Å². The van der Waals surface area contributed by atoms with Crippen LogP contribution >= 0.6 is 11.8 Å². The molecular formula is C38H32N4O5S. The van der Waals surface area contributed by atoms with E-state index in [1.165, 1.54) is 11.8 Å². The Morgan fingerprint density at radius 3 is 1.92 bits per heavy atom. The van der Waals surface area contributed by atoms with E-state index in [1.807, 2.05) is 30.3 Å². The Bertz CT molecular complexity index is 1900. The zero-order chi connectivity index (χ0) is 33.7. The maximum atomic E-state index is 13.4.